The number of rotatable bonds is 7. The zero-order chi connectivity index (χ0) is 15.2. The average Bonchev–Trinajstić information content (AvgIpc) is 2.88. The van der Waals surface area contributed by atoms with Gasteiger partial charge >= 0.3 is 0 Å². The Hall–Kier alpha value is -0.840. The Morgan fingerprint density at radius 3 is 2.71 bits per heavy atom. The van der Waals surface area contributed by atoms with Crippen molar-refractivity contribution in [2.24, 2.45) is 0 Å². The molecule has 1 atom stereocenters. The van der Waals surface area contributed by atoms with Crippen LogP contribution in [0.4, 0.5) is 0 Å². The van der Waals surface area contributed by atoms with Crippen LogP contribution in [0.25, 0.3) is 0 Å². The van der Waals surface area contributed by atoms with Crippen LogP contribution in [0.1, 0.15) is 35.4 Å². The molecule has 0 aliphatic carbocycles. The van der Waals surface area contributed by atoms with Gasteiger partial charge in [-0.05, 0) is 54.0 Å². The predicted octanol–water partition coefficient (Wildman–Crippen LogP) is 5.11. The zero-order valence-electron chi connectivity index (χ0n) is 12.8. The minimum absolute atomic E-state index is 0.283. The van der Waals surface area contributed by atoms with Crippen LogP contribution in [0.5, 0.6) is 5.75 Å². The Bertz CT molecular complexity index is 582. The van der Waals surface area contributed by atoms with Crippen LogP contribution >= 0.6 is 27.3 Å². The van der Waals surface area contributed by atoms with E-state index in [1.807, 2.05) is 0 Å². The molecule has 0 radical (unpaired) electrons. The number of methoxy groups -OCH3 is 1. The van der Waals surface area contributed by atoms with Crippen molar-refractivity contribution < 1.29 is 4.74 Å². The van der Waals surface area contributed by atoms with Gasteiger partial charge in [0.2, 0.25) is 0 Å². The van der Waals surface area contributed by atoms with E-state index in [1.54, 1.807) is 18.4 Å². The molecule has 1 aromatic carbocycles. The van der Waals surface area contributed by atoms with Crippen LogP contribution in [0.2, 0.25) is 0 Å². The van der Waals surface area contributed by atoms with E-state index in [1.165, 1.54) is 19.8 Å². The van der Waals surface area contributed by atoms with E-state index >= 15 is 0 Å². The van der Waals surface area contributed by atoms with E-state index in [0.29, 0.717) is 0 Å². The minimum atomic E-state index is 0.283. The van der Waals surface area contributed by atoms with Crippen molar-refractivity contribution in [3.05, 3.63) is 50.1 Å². The summed E-state index contributed by atoms with van der Waals surface area (Å²) in [6.45, 7) is 5.33. The monoisotopic (exact) mass is 367 g/mol. The summed E-state index contributed by atoms with van der Waals surface area (Å²) in [6, 6.07) is 11.0. The summed E-state index contributed by atoms with van der Waals surface area (Å²) in [5.74, 6) is 0.963. The molecule has 2 rings (SSSR count). The molecule has 2 aromatic rings. The lowest BCUT2D eigenvalue weighted by Crippen LogP contribution is -2.24. The number of ether oxygens (including phenoxy) is 1. The van der Waals surface area contributed by atoms with E-state index in [2.05, 4.69) is 65.4 Å². The molecular formula is C17H22BrNOS. The standard InChI is InChI=1S/C17H22BrNOS/c1-4-9-19-15(11-13-6-8-17(18)21-13)14-10-12(2)5-7-16(14)20-3/h5-8,10,15,19H,4,9,11H2,1-3H3. The summed E-state index contributed by atoms with van der Waals surface area (Å²) in [4.78, 5) is 1.37. The number of hydrogen-bond acceptors (Lipinski definition) is 3. The van der Waals surface area contributed by atoms with Crippen molar-refractivity contribution in [3.8, 4) is 5.75 Å². The molecule has 0 aliphatic heterocycles. The molecule has 0 fully saturated rings. The maximum absolute atomic E-state index is 5.56. The smallest absolute Gasteiger partial charge is 0.123 e. The van der Waals surface area contributed by atoms with Gasteiger partial charge in [0.25, 0.3) is 0 Å². The quantitative estimate of drug-likeness (QED) is 0.733. The first-order valence-corrected chi connectivity index (χ1v) is 8.87. The number of hydrogen-bond donors (Lipinski definition) is 1. The molecule has 114 valence electrons. The Morgan fingerprint density at radius 1 is 1.29 bits per heavy atom. The van der Waals surface area contributed by atoms with Gasteiger partial charge in [-0.1, -0.05) is 24.6 Å². The van der Waals surface area contributed by atoms with Crippen LogP contribution in [-0.4, -0.2) is 13.7 Å². The third-order valence-corrected chi connectivity index (χ3v) is 5.08. The highest BCUT2D eigenvalue weighted by Crippen LogP contribution is 2.31. The van der Waals surface area contributed by atoms with Crippen molar-refractivity contribution in [3.63, 3.8) is 0 Å². The van der Waals surface area contributed by atoms with E-state index in [0.717, 1.165) is 25.1 Å². The van der Waals surface area contributed by atoms with Crippen LogP contribution in [-0.2, 0) is 6.42 Å². The highest BCUT2D eigenvalue weighted by Gasteiger charge is 2.17. The summed E-state index contributed by atoms with van der Waals surface area (Å²) in [5, 5.41) is 3.66. The van der Waals surface area contributed by atoms with Crippen molar-refractivity contribution in [1.29, 1.82) is 0 Å². The third kappa shape index (κ3) is 4.56. The van der Waals surface area contributed by atoms with E-state index < -0.39 is 0 Å². The van der Waals surface area contributed by atoms with Crippen LogP contribution < -0.4 is 10.1 Å². The van der Waals surface area contributed by atoms with Crippen molar-refractivity contribution in [1.82, 2.24) is 5.32 Å². The number of thiophene rings is 1. The lowest BCUT2D eigenvalue weighted by atomic mass is 9.99. The van der Waals surface area contributed by atoms with Gasteiger partial charge < -0.3 is 10.1 Å². The van der Waals surface area contributed by atoms with Gasteiger partial charge in [-0.15, -0.1) is 11.3 Å². The minimum Gasteiger partial charge on any atom is -0.496 e. The zero-order valence-corrected chi connectivity index (χ0v) is 15.2. The second-order valence-corrected chi connectivity index (χ2v) is 7.71. The van der Waals surface area contributed by atoms with Crippen molar-refractivity contribution >= 4 is 27.3 Å². The average molecular weight is 368 g/mol. The Morgan fingerprint density at radius 2 is 2.10 bits per heavy atom. The fourth-order valence-corrected chi connectivity index (χ4v) is 3.93. The molecule has 1 unspecified atom stereocenters. The number of benzene rings is 1. The first-order chi connectivity index (χ1) is 10.1. The second kappa shape index (κ2) is 7.97. The van der Waals surface area contributed by atoms with Gasteiger partial charge in [0, 0.05) is 22.9 Å². The molecule has 0 aliphatic rings. The molecule has 2 nitrogen and oxygen atoms in total. The SMILES string of the molecule is CCCNC(Cc1ccc(Br)s1)c1cc(C)ccc1OC. The third-order valence-electron chi connectivity index (χ3n) is 3.44. The molecule has 0 saturated carbocycles. The summed E-state index contributed by atoms with van der Waals surface area (Å²) < 4.78 is 6.74. The highest BCUT2D eigenvalue weighted by atomic mass is 79.9. The molecule has 0 amide bonds. The van der Waals surface area contributed by atoms with Crippen LogP contribution in [0, 0.1) is 6.92 Å². The summed E-state index contributed by atoms with van der Waals surface area (Å²) >= 11 is 5.34. The lowest BCUT2D eigenvalue weighted by molar-refractivity contribution is 0.398. The fraction of sp³-hybridized carbons (Fsp3) is 0.412. The van der Waals surface area contributed by atoms with E-state index in [9.17, 15) is 0 Å². The highest BCUT2D eigenvalue weighted by molar-refractivity contribution is 9.11. The molecule has 0 saturated heterocycles. The second-order valence-electron chi connectivity index (χ2n) is 5.16. The van der Waals surface area contributed by atoms with Gasteiger partial charge in [0.1, 0.15) is 5.75 Å². The lowest BCUT2D eigenvalue weighted by Gasteiger charge is -2.21. The Kier molecular flexibility index (Phi) is 6.27. The molecule has 0 bridgehead atoms. The normalized spacial score (nSPS) is 12.4. The van der Waals surface area contributed by atoms with Gasteiger partial charge in [-0.3, -0.25) is 0 Å². The van der Waals surface area contributed by atoms with Gasteiger partial charge in [-0.25, -0.2) is 0 Å². The van der Waals surface area contributed by atoms with Crippen LogP contribution in [0.15, 0.2) is 34.1 Å². The molecule has 21 heavy (non-hydrogen) atoms. The predicted molar refractivity (Wildman–Crippen MR) is 94.5 cm³/mol. The van der Waals surface area contributed by atoms with Gasteiger partial charge in [0.15, 0.2) is 0 Å². The molecular weight excluding hydrogens is 346 g/mol. The first kappa shape index (κ1) is 16.5. The maximum Gasteiger partial charge on any atom is 0.123 e. The summed E-state index contributed by atoms with van der Waals surface area (Å²) in [5.41, 5.74) is 2.51. The number of nitrogens with one attached hydrogen (secondary N) is 1. The molecule has 1 N–H and O–H groups in total. The van der Waals surface area contributed by atoms with Gasteiger partial charge in [0.05, 0.1) is 10.9 Å². The molecule has 0 spiro atoms. The van der Waals surface area contributed by atoms with E-state index in [-0.39, 0.29) is 6.04 Å². The Labute approximate surface area is 139 Å². The fourth-order valence-electron chi connectivity index (χ4n) is 2.40. The van der Waals surface area contributed by atoms with Gasteiger partial charge in [-0.2, -0.15) is 0 Å². The largest absolute Gasteiger partial charge is 0.496 e. The number of halogens is 1. The first-order valence-electron chi connectivity index (χ1n) is 7.26. The van der Waals surface area contributed by atoms with Crippen LogP contribution in [0.3, 0.4) is 0 Å². The van der Waals surface area contributed by atoms with Crippen molar-refractivity contribution in [2.75, 3.05) is 13.7 Å². The summed E-state index contributed by atoms with van der Waals surface area (Å²) in [6.07, 6.45) is 2.11. The number of aryl methyl sites for hydroxylation is 1. The molecule has 1 aromatic heterocycles. The van der Waals surface area contributed by atoms with E-state index in [4.69, 9.17) is 4.74 Å². The summed E-state index contributed by atoms with van der Waals surface area (Å²) in [7, 11) is 1.74. The maximum atomic E-state index is 5.56. The Balaban J connectivity index is 2.28. The molecule has 1 heterocycles. The molecule has 4 heteroatoms. The van der Waals surface area contributed by atoms with Crippen molar-refractivity contribution in [2.45, 2.75) is 32.7 Å². The topological polar surface area (TPSA) is 21.3 Å².